The van der Waals surface area contributed by atoms with Gasteiger partial charge in [-0.15, -0.1) is 0 Å². The summed E-state index contributed by atoms with van der Waals surface area (Å²) in [5, 5.41) is 0. The fourth-order valence-corrected chi connectivity index (χ4v) is 2.40. The molecule has 8 nitrogen and oxygen atoms in total. The molecule has 0 amide bonds. The number of imidazole rings is 3. The zero-order chi connectivity index (χ0) is 18.3. The largest absolute Gasteiger partial charge is 0.306 e. The second-order valence-electron chi connectivity index (χ2n) is 5.50. The van der Waals surface area contributed by atoms with Crippen LogP contribution in [0.5, 0.6) is 0 Å². The summed E-state index contributed by atoms with van der Waals surface area (Å²) in [6, 6.07) is 6.00. The summed E-state index contributed by atoms with van der Waals surface area (Å²) in [5.74, 6) is 0. The molecule has 8 heteroatoms. The molecule has 0 radical (unpaired) electrons. The van der Waals surface area contributed by atoms with Gasteiger partial charge in [0, 0.05) is 43.4 Å². The van der Waals surface area contributed by atoms with E-state index in [0.29, 0.717) is 0 Å². The van der Waals surface area contributed by atoms with Gasteiger partial charge in [-0.2, -0.15) is 0 Å². The highest BCUT2D eigenvalue weighted by molar-refractivity contribution is 5.43. The Morgan fingerprint density at radius 1 is 0.556 bits per heavy atom. The van der Waals surface area contributed by atoms with Gasteiger partial charge < -0.3 is 13.2 Å². The normalized spacial score (nSPS) is 10.2. The lowest BCUT2D eigenvalue weighted by atomic mass is 10.4. The van der Waals surface area contributed by atoms with Crippen LogP contribution in [0, 0.1) is 0 Å². The minimum absolute atomic E-state index is 0.887. The van der Waals surface area contributed by atoms with Crippen molar-refractivity contribution in [3.05, 3.63) is 99.0 Å². The maximum Gasteiger partial charge on any atom is 0.155 e. The number of fused-ring (bicyclic) bond motifs is 3. The third-order valence-corrected chi connectivity index (χ3v) is 3.74. The van der Waals surface area contributed by atoms with Crippen LogP contribution in [0.2, 0.25) is 0 Å². The summed E-state index contributed by atoms with van der Waals surface area (Å²) >= 11 is 0. The maximum absolute atomic E-state index is 4.02. The molecule has 0 aliphatic heterocycles. The topological polar surface area (TPSA) is 77.7 Å². The van der Waals surface area contributed by atoms with Crippen LogP contribution < -0.4 is 0 Å². The molecule has 6 heterocycles. The highest BCUT2D eigenvalue weighted by Gasteiger charge is 1.87. The number of hydrogen-bond acceptors (Lipinski definition) is 5. The summed E-state index contributed by atoms with van der Waals surface area (Å²) < 4.78 is 5.79. The molecule has 6 aromatic rings. The van der Waals surface area contributed by atoms with Crippen molar-refractivity contribution in [2.45, 2.75) is 0 Å². The van der Waals surface area contributed by atoms with Gasteiger partial charge in [-0.3, -0.25) is 9.97 Å². The van der Waals surface area contributed by atoms with E-state index in [2.05, 4.69) is 24.9 Å². The van der Waals surface area contributed by atoms with Crippen molar-refractivity contribution in [3.63, 3.8) is 0 Å². The first-order valence-corrected chi connectivity index (χ1v) is 8.21. The Hall–Kier alpha value is -4.07. The van der Waals surface area contributed by atoms with Gasteiger partial charge in [0.25, 0.3) is 0 Å². The van der Waals surface area contributed by atoms with Crippen molar-refractivity contribution in [1.29, 1.82) is 0 Å². The second-order valence-corrected chi connectivity index (χ2v) is 5.50. The fourth-order valence-electron chi connectivity index (χ4n) is 2.40. The quantitative estimate of drug-likeness (QED) is 0.418. The summed E-state index contributed by atoms with van der Waals surface area (Å²) in [6.07, 6.45) is 23.4. The highest BCUT2D eigenvalue weighted by Crippen LogP contribution is 1.98. The van der Waals surface area contributed by atoms with E-state index in [-0.39, 0.29) is 0 Å². The molecule has 0 saturated heterocycles. The van der Waals surface area contributed by atoms with Gasteiger partial charge in [-0.1, -0.05) is 6.07 Å². The molecule has 0 fully saturated rings. The van der Waals surface area contributed by atoms with Crippen LogP contribution in [0.4, 0.5) is 0 Å². The van der Waals surface area contributed by atoms with E-state index < -0.39 is 0 Å². The first kappa shape index (κ1) is 16.4. The molecule has 0 bridgehead atoms. The number of pyridine rings is 1. The first-order valence-electron chi connectivity index (χ1n) is 8.21. The second kappa shape index (κ2) is 7.87. The molecular weight excluding hydrogens is 340 g/mol. The molecule has 0 N–H and O–H groups in total. The fraction of sp³-hybridized carbons (Fsp3) is 0. The van der Waals surface area contributed by atoms with Gasteiger partial charge in [-0.05, 0) is 12.1 Å². The molecule has 0 atom stereocenters. The van der Waals surface area contributed by atoms with Crippen LogP contribution in [0.15, 0.2) is 99.0 Å². The smallest absolute Gasteiger partial charge is 0.155 e. The van der Waals surface area contributed by atoms with Crippen molar-refractivity contribution < 1.29 is 0 Å². The molecule has 0 unspecified atom stereocenters. The van der Waals surface area contributed by atoms with Crippen LogP contribution in [0.1, 0.15) is 0 Å². The van der Waals surface area contributed by atoms with Crippen LogP contribution in [-0.2, 0) is 0 Å². The molecule has 0 aliphatic carbocycles. The molecule has 0 saturated carbocycles. The lowest BCUT2D eigenvalue weighted by Gasteiger charge is -1.86. The van der Waals surface area contributed by atoms with E-state index in [9.17, 15) is 0 Å². The van der Waals surface area contributed by atoms with Gasteiger partial charge in [0.05, 0.1) is 48.5 Å². The Labute approximate surface area is 154 Å². The zero-order valence-corrected chi connectivity index (χ0v) is 14.3. The SMILES string of the molecule is c1ccn2cncc2c1.c1cn2ccnc2cn1.c1cn2cncc2cn1. The van der Waals surface area contributed by atoms with Crippen molar-refractivity contribution in [1.82, 2.24) is 38.1 Å². The Bertz CT molecular complexity index is 1000. The van der Waals surface area contributed by atoms with E-state index in [1.165, 1.54) is 0 Å². The Morgan fingerprint density at radius 3 is 2.00 bits per heavy atom. The molecular formula is C19H16N8. The summed E-state index contributed by atoms with van der Waals surface area (Å²) in [5.41, 5.74) is 3.05. The monoisotopic (exact) mass is 356 g/mol. The predicted octanol–water partition coefficient (Wildman–Crippen LogP) is 2.79. The van der Waals surface area contributed by atoms with E-state index >= 15 is 0 Å². The number of hydrogen-bond donors (Lipinski definition) is 0. The van der Waals surface area contributed by atoms with Crippen molar-refractivity contribution in [3.8, 4) is 0 Å². The summed E-state index contributed by atoms with van der Waals surface area (Å²) in [4.78, 5) is 19.7. The first-order chi connectivity index (χ1) is 13.4. The van der Waals surface area contributed by atoms with Gasteiger partial charge >= 0.3 is 0 Å². The summed E-state index contributed by atoms with van der Waals surface area (Å²) in [7, 11) is 0. The van der Waals surface area contributed by atoms with Gasteiger partial charge in [0.2, 0.25) is 0 Å². The van der Waals surface area contributed by atoms with Crippen molar-refractivity contribution in [2.24, 2.45) is 0 Å². The van der Waals surface area contributed by atoms with Crippen LogP contribution in [0.3, 0.4) is 0 Å². The van der Waals surface area contributed by atoms with E-state index in [4.69, 9.17) is 0 Å². The van der Waals surface area contributed by atoms with Crippen molar-refractivity contribution >= 4 is 16.7 Å². The van der Waals surface area contributed by atoms with Gasteiger partial charge in [-0.25, -0.2) is 15.0 Å². The van der Waals surface area contributed by atoms with Crippen LogP contribution in [-0.4, -0.2) is 38.1 Å². The molecule has 0 spiro atoms. The molecule has 132 valence electrons. The number of aromatic nitrogens is 8. The number of rotatable bonds is 0. The van der Waals surface area contributed by atoms with Crippen molar-refractivity contribution in [2.75, 3.05) is 0 Å². The predicted molar refractivity (Wildman–Crippen MR) is 101 cm³/mol. The lowest BCUT2D eigenvalue weighted by molar-refractivity contribution is 1.11. The Morgan fingerprint density at radius 2 is 1.22 bits per heavy atom. The van der Waals surface area contributed by atoms with Crippen LogP contribution >= 0.6 is 0 Å². The minimum Gasteiger partial charge on any atom is -0.306 e. The Kier molecular flexibility index (Phi) is 4.78. The zero-order valence-electron chi connectivity index (χ0n) is 14.3. The van der Waals surface area contributed by atoms with E-state index in [1.54, 1.807) is 49.8 Å². The van der Waals surface area contributed by atoms with Gasteiger partial charge in [0.1, 0.15) is 0 Å². The lowest BCUT2D eigenvalue weighted by Crippen LogP contribution is -1.81. The molecule has 0 aliphatic rings. The maximum atomic E-state index is 4.02. The average molecular weight is 356 g/mol. The van der Waals surface area contributed by atoms with Gasteiger partial charge in [0.15, 0.2) is 5.65 Å². The molecule has 6 aromatic heterocycles. The van der Waals surface area contributed by atoms with Crippen LogP contribution in [0.25, 0.3) is 16.7 Å². The highest BCUT2D eigenvalue weighted by atomic mass is 15.0. The molecule has 27 heavy (non-hydrogen) atoms. The third-order valence-electron chi connectivity index (χ3n) is 3.74. The standard InChI is InChI=1S/C7H6N2.2C6H5N3/c1-2-4-9-6-8-5-7(9)3-1;1-3-9-4-2-8-6(9)5-7-1;1-2-9-5-8-4-6(9)3-7-1/h1-6H;2*1-5H. The minimum atomic E-state index is 0.887. The third kappa shape index (κ3) is 3.96. The summed E-state index contributed by atoms with van der Waals surface area (Å²) in [6.45, 7) is 0. The van der Waals surface area contributed by atoms with E-state index in [0.717, 1.165) is 16.7 Å². The molecule has 6 rings (SSSR count). The van der Waals surface area contributed by atoms with E-state index in [1.807, 2.05) is 62.4 Å². The Balaban J connectivity index is 0.0000001000. The average Bonchev–Trinajstić information content (AvgIpc) is 3.48. The number of nitrogens with zero attached hydrogens (tertiary/aromatic N) is 8. The molecule has 0 aromatic carbocycles.